The second-order valence-electron chi connectivity index (χ2n) is 3.64. The van der Waals surface area contributed by atoms with E-state index >= 15 is 0 Å². The summed E-state index contributed by atoms with van der Waals surface area (Å²) < 4.78 is 4.69. The van der Waals surface area contributed by atoms with E-state index in [4.69, 9.17) is 5.11 Å². The van der Waals surface area contributed by atoms with Gasteiger partial charge in [0.2, 0.25) is 0 Å². The Kier molecular flexibility index (Phi) is 2.49. The maximum atomic E-state index is 11.2. The van der Waals surface area contributed by atoms with Crippen molar-refractivity contribution in [1.82, 2.24) is 14.6 Å². The van der Waals surface area contributed by atoms with Gasteiger partial charge in [0.05, 0.1) is 16.0 Å². The highest BCUT2D eigenvalue weighted by Crippen LogP contribution is 2.24. The van der Waals surface area contributed by atoms with E-state index in [2.05, 4.69) is 14.6 Å². The van der Waals surface area contributed by atoms with Gasteiger partial charge in [-0.1, -0.05) is 22.7 Å². The molecule has 0 atom stereocenters. The van der Waals surface area contributed by atoms with Crippen LogP contribution in [0.5, 0.6) is 0 Å². The summed E-state index contributed by atoms with van der Waals surface area (Å²) >= 11 is 1.26. The molecule has 1 aromatic carbocycles. The summed E-state index contributed by atoms with van der Waals surface area (Å²) in [5.41, 5.74) is 1.94. The summed E-state index contributed by atoms with van der Waals surface area (Å²) in [6.45, 7) is 0. The number of hydrogen-bond acceptors (Lipinski definition) is 5. The van der Waals surface area contributed by atoms with Crippen molar-refractivity contribution in [3.8, 4) is 11.3 Å². The van der Waals surface area contributed by atoms with Gasteiger partial charge in [0.25, 0.3) is 0 Å². The van der Waals surface area contributed by atoms with Crippen molar-refractivity contribution in [2.24, 2.45) is 0 Å². The van der Waals surface area contributed by atoms with Gasteiger partial charge in [0.15, 0.2) is 5.65 Å². The van der Waals surface area contributed by atoms with Crippen LogP contribution in [0.4, 0.5) is 0 Å². The second kappa shape index (κ2) is 4.15. The van der Waals surface area contributed by atoms with Crippen molar-refractivity contribution in [1.29, 1.82) is 0 Å². The standard InChI is InChI=1S/C12H7N3O2S/c16-12(17)8-4-2-1-3-7(8)9-5-6-10-11(13-9)14-15-18-10/h1-6H,(H,16,17). The van der Waals surface area contributed by atoms with Gasteiger partial charge in [-0.2, -0.15) is 0 Å². The Morgan fingerprint density at radius 1 is 1.17 bits per heavy atom. The number of aromatic carboxylic acids is 1. The Labute approximate surface area is 106 Å². The fraction of sp³-hybridized carbons (Fsp3) is 0. The topological polar surface area (TPSA) is 76.0 Å². The van der Waals surface area contributed by atoms with E-state index in [1.54, 1.807) is 30.3 Å². The summed E-state index contributed by atoms with van der Waals surface area (Å²) in [5, 5.41) is 13.0. The quantitative estimate of drug-likeness (QED) is 0.763. The second-order valence-corrected chi connectivity index (χ2v) is 4.43. The lowest BCUT2D eigenvalue weighted by atomic mass is 10.0. The van der Waals surface area contributed by atoms with Crippen molar-refractivity contribution in [3.05, 3.63) is 42.0 Å². The molecule has 0 amide bonds. The molecule has 6 heteroatoms. The average Bonchev–Trinajstić information content (AvgIpc) is 2.85. The van der Waals surface area contributed by atoms with Gasteiger partial charge >= 0.3 is 5.97 Å². The third-order valence-electron chi connectivity index (χ3n) is 2.55. The normalized spacial score (nSPS) is 10.7. The zero-order valence-corrected chi connectivity index (χ0v) is 9.89. The summed E-state index contributed by atoms with van der Waals surface area (Å²) in [6, 6.07) is 10.4. The lowest BCUT2D eigenvalue weighted by Crippen LogP contribution is -1.99. The van der Waals surface area contributed by atoms with E-state index < -0.39 is 5.97 Å². The first kappa shape index (κ1) is 10.8. The van der Waals surface area contributed by atoms with E-state index in [-0.39, 0.29) is 5.56 Å². The number of fused-ring (bicyclic) bond motifs is 1. The predicted octanol–water partition coefficient (Wildman–Crippen LogP) is 2.45. The lowest BCUT2D eigenvalue weighted by Gasteiger charge is -2.04. The van der Waals surface area contributed by atoms with Gasteiger partial charge in [-0.3, -0.25) is 0 Å². The molecule has 2 heterocycles. The van der Waals surface area contributed by atoms with Crippen molar-refractivity contribution in [2.45, 2.75) is 0 Å². The Morgan fingerprint density at radius 2 is 2.00 bits per heavy atom. The van der Waals surface area contributed by atoms with E-state index in [1.165, 1.54) is 11.5 Å². The largest absolute Gasteiger partial charge is 0.478 e. The van der Waals surface area contributed by atoms with Gasteiger partial charge in [-0.05, 0) is 29.7 Å². The third kappa shape index (κ3) is 1.72. The number of carboxylic acids is 1. The molecule has 88 valence electrons. The number of pyridine rings is 1. The maximum Gasteiger partial charge on any atom is 0.336 e. The Hall–Kier alpha value is -2.34. The van der Waals surface area contributed by atoms with E-state index in [1.807, 2.05) is 6.07 Å². The zero-order chi connectivity index (χ0) is 12.5. The first-order valence-corrected chi connectivity index (χ1v) is 5.95. The molecular weight excluding hydrogens is 250 g/mol. The van der Waals surface area contributed by atoms with Crippen LogP contribution in [-0.2, 0) is 0 Å². The molecule has 0 saturated heterocycles. The van der Waals surface area contributed by atoms with Crippen molar-refractivity contribution < 1.29 is 9.90 Å². The molecule has 1 N–H and O–H groups in total. The summed E-state index contributed by atoms with van der Waals surface area (Å²) in [6.07, 6.45) is 0. The minimum absolute atomic E-state index is 0.229. The summed E-state index contributed by atoms with van der Waals surface area (Å²) in [4.78, 5) is 15.5. The molecule has 0 aliphatic rings. The smallest absolute Gasteiger partial charge is 0.336 e. The number of benzene rings is 1. The highest BCUT2D eigenvalue weighted by atomic mass is 32.1. The lowest BCUT2D eigenvalue weighted by molar-refractivity contribution is 0.0697. The number of nitrogens with zero attached hydrogens (tertiary/aromatic N) is 3. The van der Waals surface area contributed by atoms with Gasteiger partial charge in [-0.25, -0.2) is 9.78 Å². The number of hydrogen-bond donors (Lipinski definition) is 1. The minimum atomic E-state index is -0.969. The first-order valence-electron chi connectivity index (χ1n) is 5.17. The maximum absolute atomic E-state index is 11.2. The number of rotatable bonds is 2. The van der Waals surface area contributed by atoms with Gasteiger partial charge < -0.3 is 5.11 Å². The van der Waals surface area contributed by atoms with Crippen LogP contribution in [0, 0.1) is 0 Å². The van der Waals surface area contributed by atoms with Crippen molar-refractivity contribution >= 4 is 27.8 Å². The van der Waals surface area contributed by atoms with Crippen LogP contribution >= 0.6 is 11.5 Å². The fourth-order valence-corrected chi connectivity index (χ4v) is 2.23. The van der Waals surface area contributed by atoms with E-state index in [0.717, 1.165) is 4.70 Å². The van der Waals surface area contributed by atoms with Crippen LogP contribution in [0.2, 0.25) is 0 Å². The van der Waals surface area contributed by atoms with Crippen LogP contribution in [0.25, 0.3) is 21.6 Å². The summed E-state index contributed by atoms with van der Waals surface area (Å²) in [5.74, 6) is -0.969. The van der Waals surface area contributed by atoms with Crippen LogP contribution in [-0.4, -0.2) is 25.6 Å². The molecule has 0 spiro atoms. The molecule has 3 aromatic rings. The molecule has 0 unspecified atom stereocenters. The zero-order valence-electron chi connectivity index (χ0n) is 9.07. The molecule has 2 aromatic heterocycles. The summed E-state index contributed by atoms with van der Waals surface area (Å²) in [7, 11) is 0. The third-order valence-corrected chi connectivity index (χ3v) is 3.23. The number of aromatic nitrogens is 3. The van der Waals surface area contributed by atoms with Gasteiger partial charge in [0, 0.05) is 5.56 Å². The number of carbonyl (C=O) groups is 1. The van der Waals surface area contributed by atoms with E-state index in [0.29, 0.717) is 16.9 Å². The molecule has 0 saturated carbocycles. The van der Waals surface area contributed by atoms with Gasteiger partial charge in [-0.15, -0.1) is 5.10 Å². The molecule has 0 aliphatic carbocycles. The molecule has 18 heavy (non-hydrogen) atoms. The molecule has 0 radical (unpaired) electrons. The van der Waals surface area contributed by atoms with Crippen LogP contribution in [0.3, 0.4) is 0 Å². The Balaban J connectivity index is 2.22. The van der Waals surface area contributed by atoms with Crippen molar-refractivity contribution in [3.63, 3.8) is 0 Å². The highest BCUT2D eigenvalue weighted by Gasteiger charge is 2.12. The number of carboxylic acid groups (broad SMARTS) is 1. The van der Waals surface area contributed by atoms with Gasteiger partial charge in [0.1, 0.15) is 0 Å². The van der Waals surface area contributed by atoms with Crippen LogP contribution in [0.15, 0.2) is 36.4 Å². The minimum Gasteiger partial charge on any atom is -0.478 e. The monoisotopic (exact) mass is 257 g/mol. The average molecular weight is 257 g/mol. The molecule has 5 nitrogen and oxygen atoms in total. The highest BCUT2D eigenvalue weighted by molar-refractivity contribution is 7.12. The predicted molar refractivity (Wildman–Crippen MR) is 67.6 cm³/mol. The van der Waals surface area contributed by atoms with E-state index in [9.17, 15) is 4.79 Å². The fourth-order valence-electron chi connectivity index (χ4n) is 1.72. The molecule has 0 fully saturated rings. The van der Waals surface area contributed by atoms with Crippen molar-refractivity contribution in [2.75, 3.05) is 0 Å². The first-order chi connectivity index (χ1) is 8.75. The Bertz CT molecular complexity index is 739. The molecule has 0 aliphatic heterocycles. The molecule has 3 rings (SSSR count). The van der Waals surface area contributed by atoms with Crippen LogP contribution in [0.1, 0.15) is 10.4 Å². The van der Waals surface area contributed by atoms with Crippen LogP contribution < -0.4 is 0 Å². The molecular formula is C12H7N3O2S. The Morgan fingerprint density at radius 3 is 2.83 bits per heavy atom. The molecule has 0 bridgehead atoms. The SMILES string of the molecule is O=C(O)c1ccccc1-c1ccc2snnc2n1.